The van der Waals surface area contributed by atoms with Crippen LogP contribution >= 0.6 is 0 Å². The van der Waals surface area contributed by atoms with Crippen molar-refractivity contribution in [2.45, 2.75) is 13.0 Å². The third kappa shape index (κ3) is 4.38. The number of amides is 2. The molecule has 1 aliphatic rings. The minimum Gasteiger partial charge on any atom is -0.486 e. The summed E-state index contributed by atoms with van der Waals surface area (Å²) in [5.74, 6) is 0.793. The number of anilines is 2. The summed E-state index contributed by atoms with van der Waals surface area (Å²) in [6.07, 6.45) is -0.801. The number of fused-ring (bicyclic) bond motifs is 2. The topological polar surface area (TPSA) is 99.0 Å². The van der Waals surface area contributed by atoms with Gasteiger partial charge in [0.2, 0.25) is 5.76 Å². The molecule has 0 radical (unpaired) electrons. The van der Waals surface area contributed by atoms with Gasteiger partial charge in [0.1, 0.15) is 30.2 Å². The molecule has 2 N–H and O–H groups in total. The van der Waals surface area contributed by atoms with Gasteiger partial charge in [-0.05, 0) is 43.3 Å². The third-order valence-electron chi connectivity index (χ3n) is 5.28. The van der Waals surface area contributed by atoms with Crippen molar-refractivity contribution in [3.8, 4) is 17.2 Å². The second-order valence-corrected chi connectivity index (χ2v) is 7.68. The first-order valence-electron chi connectivity index (χ1n) is 10.8. The van der Waals surface area contributed by atoms with E-state index in [2.05, 4.69) is 10.6 Å². The molecule has 0 saturated carbocycles. The second-order valence-electron chi connectivity index (χ2n) is 7.68. The van der Waals surface area contributed by atoms with Crippen LogP contribution in [-0.4, -0.2) is 31.1 Å². The molecule has 0 bridgehead atoms. The zero-order valence-electron chi connectivity index (χ0n) is 18.4. The SMILES string of the molecule is C[C@@H](Oc1ccccc1)C(=O)Nc1c(C(=O)Nc2ccc3c(c2)OCCO3)oc2ccccc12. The molecule has 34 heavy (non-hydrogen) atoms. The standard InChI is InChI=1S/C26H22N2O6/c1-16(33-18-7-3-2-4-8-18)25(29)28-23-19-9-5-6-10-20(19)34-24(23)26(30)27-17-11-12-21-22(15-17)32-14-13-31-21/h2-12,15-16H,13-14H2,1H3,(H,27,30)(H,28,29)/t16-/m1/s1. The van der Waals surface area contributed by atoms with Gasteiger partial charge in [-0.3, -0.25) is 9.59 Å². The lowest BCUT2D eigenvalue weighted by molar-refractivity contribution is -0.122. The minimum atomic E-state index is -0.801. The fraction of sp³-hybridized carbons (Fsp3) is 0.154. The van der Waals surface area contributed by atoms with E-state index >= 15 is 0 Å². The number of carbonyl (C=O) groups is 2. The van der Waals surface area contributed by atoms with Crippen molar-refractivity contribution in [2.24, 2.45) is 0 Å². The van der Waals surface area contributed by atoms with Crippen LogP contribution < -0.4 is 24.8 Å². The van der Waals surface area contributed by atoms with E-state index in [1.807, 2.05) is 18.2 Å². The van der Waals surface area contributed by atoms with Crippen LogP contribution in [0.15, 0.2) is 77.2 Å². The number of nitrogens with one attached hydrogen (secondary N) is 2. The van der Waals surface area contributed by atoms with Crippen molar-refractivity contribution in [1.29, 1.82) is 0 Å². The lowest BCUT2D eigenvalue weighted by atomic mass is 10.2. The van der Waals surface area contributed by atoms with Gasteiger partial charge < -0.3 is 29.3 Å². The van der Waals surface area contributed by atoms with Crippen molar-refractivity contribution < 1.29 is 28.2 Å². The number of furan rings is 1. The molecule has 0 unspecified atom stereocenters. The zero-order valence-corrected chi connectivity index (χ0v) is 18.4. The van der Waals surface area contributed by atoms with Crippen LogP contribution in [0.5, 0.6) is 17.2 Å². The highest BCUT2D eigenvalue weighted by Crippen LogP contribution is 2.34. The van der Waals surface area contributed by atoms with Crippen LogP contribution in [0.3, 0.4) is 0 Å². The van der Waals surface area contributed by atoms with Crippen molar-refractivity contribution >= 4 is 34.2 Å². The molecular formula is C26H22N2O6. The number of hydrogen-bond donors (Lipinski definition) is 2. The van der Waals surface area contributed by atoms with E-state index in [0.717, 1.165) is 0 Å². The van der Waals surface area contributed by atoms with E-state index in [1.54, 1.807) is 61.5 Å². The van der Waals surface area contributed by atoms with Crippen molar-refractivity contribution in [2.75, 3.05) is 23.8 Å². The Hall–Kier alpha value is -4.46. The maximum atomic E-state index is 13.2. The van der Waals surface area contributed by atoms with Gasteiger partial charge in [0.15, 0.2) is 17.6 Å². The van der Waals surface area contributed by atoms with E-state index in [0.29, 0.717) is 47.1 Å². The summed E-state index contributed by atoms with van der Waals surface area (Å²) in [6, 6.07) is 21.3. The highest BCUT2D eigenvalue weighted by atomic mass is 16.6. The summed E-state index contributed by atoms with van der Waals surface area (Å²) in [4.78, 5) is 26.1. The van der Waals surface area contributed by atoms with Gasteiger partial charge >= 0.3 is 0 Å². The normalized spacial score (nSPS) is 13.2. The van der Waals surface area contributed by atoms with Crippen LogP contribution in [-0.2, 0) is 4.79 Å². The molecule has 0 fully saturated rings. The molecular weight excluding hydrogens is 436 g/mol. The Balaban J connectivity index is 1.39. The number of rotatable bonds is 6. The first kappa shape index (κ1) is 21.4. The third-order valence-corrected chi connectivity index (χ3v) is 5.28. The summed E-state index contributed by atoms with van der Waals surface area (Å²) in [6.45, 7) is 2.56. The van der Waals surface area contributed by atoms with Crippen LogP contribution in [0.4, 0.5) is 11.4 Å². The van der Waals surface area contributed by atoms with E-state index in [1.165, 1.54) is 0 Å². The maximum absolute atomic E-state index is 13.2. The molecule has 8 heteroatoms. The number of ether oxygens (including phenoxy) is 3. The quantitative estimate of drug-likeness (QED) is 0.428. The van der Waals surface area contributed by atoms with Crippen LogP contribution in [0.2, 0.25) is 0 Å². The molecule has 1 aliphatic heterocycles. The van der Waals surface area contributed by atoms with E-state index in [9.17, 15) is 9.59 Å². The van der Waals surface area contributed by atoms with E-state index < -0.39 is 17.9 Å². The Kier molecular flexibility index (Phi) is 5.78. The van der Waals surface area contributed by atoms with E-state index in [4.69, 9.17) is 18.6 Å². The van der Waals surface area contributed by atoms with Crippen LogP contribution in [0.25, 0.3) is 11.0 Å². The fourth-order valence-electron chi connectivity index (χ4n) is 3.62. The zero-order chi connectivity index (χ0) is 23.5. The number of benzene rings is 3. The Bertz CT molecular complexity index is 1350. The second kappa shape index (κ2) is 9.19. The monoisotopic (exact) mass is 458 g/mol. The fourth-order valence-corrected chi connectivity index (χ4v) is 3.62. The minimum absolute atomic E-state index is 0.0173. The number of hydrogen-bond acceptors (Lipinski definition) is 6. The van der Waals surface area contributed by atoms with Gasteiger partial charge in [-0.1, -0.05) is 30.3 Å². The molecule has 172 valence electrons. The van der Waals surface area contributed by atoms with E-state index in [-0.39, 0.29) is 11.4 Å². The van der Waals surface area contributed by atoms with Gasteiger partial charge in [-0.2, -0.15) is 0 Å². The highest BCUT2D eigenvalue weighted by molar-refractivity contribution is 6.15. The van der Waals surface area contributed by atoms with Gasteiger partial charge in [-0.25, -0.2) is 0 Å². The highest BCUT2D eigenvalue weighted by Gasteiger charge is 2.25. The van der Waals surface area contributed by atoms with Gasteiger partial charge in [0.25, 0.3) is 11.8 Å². The maximum Gasteiger partial charge on any atom is 0.293 e. The van der Waals surface area contributed by atoms with Crippen molar-refractivity contribution in [3.63, 3.8) is 0 Å². The molecule has 4 aromatic rings. The first-order valence-corrected chi connectivity index (χ1v) is 10.8. The Morgan fingerprint density at radius 1 is 0.882 bits per heavy atom. The molecule has 1 atom stereocenters. The Morgan fingerprint density at radius 3 is 2.44 bits per heavy atom. The number of para-hydroxylation sites is 2. The average Bonchev–Trinajstić information content (AvgIpc) is 3.23. The largest absolute Gasteiger partial charge is 0.486 e. The molecule has 0 aliphatic carbocycles. The molecule has 1 aromatic heterocycles. The van der Waals surface area contributed by atoms with Crippen LogP contribution in [0, 0.1) is 0 Å². The molecule has 8 nitrogen and oxygen atoms in total. The summed E-state index contributed by atoms with van der Waals surface area (Å²) in [5.41, 5.74) is 1.26. The summed E-state index contributed by atoms with van der Waals surface area (Å²) < 4.78 is 22.6. The molecule has 0 saturated heterocycles. The molecule has 3 aromatic carbocycles. The smallest absolute Gasteiger partial charge is 0.293 e. The Labute approximate surface area is 195 Å². The van der Waals surface area contributed by atoms with Gasteiger partial charge in [-0.15, -0.1) is 0 Å². The predicted molar refractivity (Wildman–Crippen MR) is 127 cm³/mol. The number of carbonyl (C=O) groups excluding carboxylic acids is 2. The molecule has 5 rings (SSSR count). The summed E-state index contributed by atoms with van der Waals surface area (Å²) >= 11 is 0. The summed E-state index contributed by atoms with van der Waals surface area (Å²) in [7, 11) is 0. The Morgan fingerprint density at radius 2 is 1.62 bits per heavy atom. The molecule has 2 heterocycles. The molecule has 2 amide bonds. The average molecular weight is 458 g/mol. The molecule has 0 spiro atoms. The first-order chi connectivity index (χ1) is 16.6. The predicted octanol–water partition coefficient (Wildman–Crippen LogP) is 4.86. The van der Waals surface area contributed by atoms with Crippen molar-refractivity contribution in [3.05, 3.63) is 78.6 Å². The van der Waals surface area contributed by atoms with Gasteiger partial charge in [0, 0.05) is 17.1 Å². The summed E-state index contributed by atoms with van der Waals surface area (Å²) in [5, 5.41) is 6.21. The lowest BCUT2D eigenvalue weighted by Gasteiger charge is -2.19. The van der Waals surface area contributed by atoms with Crippen molar-refractivity contribution in [1.82, 2.24) is 0 Å². The lowest BCUT2D eigenvalue weighted by Crippen LogP contribution is -2.30. The van der Waals surface area contributed by atoms with Gasteiger partial charge in [0.05, 0.1) is 0 Å². The van der Waals surface area contributed by atoms with Crippen LogP contribution in [0.1, 0.15) is 17.5 Å².